The zero-order valence-electron chi connectivity index (χ0n) is 12.8. The summed E-state index contributed by atoms with van der Waals surface area (Å²) >= 11 is 0. The molecule has 0 saturated heterocycles. The number of carbonyl (C=O) groups excluding carboxylic acids is 1. The maximum Gasteiger partial charge on any atom is 0.345 e. The summed E-state index contributed by atoms with van der Waals surface area (Å²) in [5.74, 6) is 0.285. The summed E-state index contributed by atoms with van der Waals surface area (Å²) in [6, 6.07) is 17.5. The van der Waals surface area contributed by atoms with Crippen LogP contribution < -0.4 is 4.74 Å². The molecule has 0 radical (unpaired) electrons. The van der Waals surface area contributed by atoms with Crippen molar-refractivity contribution in [2.45, 2.75) is 0 Å². The quantitative estimate of drug-likeness (QED) is 0.445. The Morgan fingerprint density at radius 2 is 1.54 bits per heavy atom. The van der Waals surface area contributed by atoms with Gasteiger partial charge in [0.05, 0.1) is 5.56 Å². The van der Waals surface area contributed by atoms with Crippen molar-refractivity contribution in [1.82, 2.24) is 4.98 Å². The van der Waals surface area contributed by atoms with Crippen molar-refractivity contribution in [1.29, 1.82) is 0 Å². The molecule has 0 aliphatic carbocycles. The highest BCUT2D eigenvalue weighted by molar-refractivity contribution is 5.90. The Kier molecular flexibility index (Phi) is 4.68. The minimum Gasteiger partial charge on any atom is -0.508 e. The molecule has 0 amide bonds. The highest BCUT2D eigenvalue weighted by Gasteiger charge is 2.07. The number of hydrogen-bond donors (Lipinski definition) is 1. The second-order valence-electron chi connectivity index (χ2n) is 5.13. The van der Waals surface area contributed by atoms with Gasteiger partial charge in [0.1, 0.15) is 11.5 Å². The predicted molar refractivity (Wildman–Crippen MR) is 92.7 cm³/mol. The lowest BCUT2D eigenvalue weighted by Gasteiger charge is -2.04. The second kappa shape index (κ2) is 7.24. The molecule has 24 heavy (non-hydrogen) atoms. The molecular formula is C20H15NO3. The topological polar surface area (TPSA) is 59.4 Å². The van der Waals surface area contributed by atoms with Crippen molar-refractivity contribution in [2.75, 3.05) is 0 Å². The Balaban J connectivity index is 1.65. The van der Waals surface area contributed by atoms with Crippen LogP contribution in [0.3, 0.4) is 0 Å². The number of aromatic nitrogens is 1. The first-order valence-corrected chi connectivity index (χ1v) is 7.40. The number of phenolic OH excluding ortho intramolecular Hbond substituents is 1. The third-order valence-electron chi connectivity index (χ3n) is 3.35. The van der Waals surface area contributed by atoms with E-state index < -0.39 is 5.97 Å². The lowest BCUT2D eigenvalue weighted by atomic mass is 10.1. The van der Waals surface area contributed by atoms with Crippen LogP contribution in [0.2, 0.25) is 0 Å². The molecule has 4 heteroatoms. The van der Waals surface area contributed by atoms with E-state index in [0.717, 1.165) is 11.1 Å². The molecule has 4 nitrogen and oxygen atoms in total. The van der Waals surface area contributed by atoms with E-state index in [1.807, 2.05) is 36.4 Å². The fourth-order valence-corrected chi connectivity index (χ4v) is 2.07. The number of pyridine rings is 1. The molecule has 1 N–H and O–H groups in total. The molecule has 0 aliphatic heterocycles. The Hall–Kier alpha value is -3.40. The van der Waals surface area contributed by atoms with E-state index in [2.05, 4.69) is 4.98 Å². The van der Waals surface area contributed by atoms with Crippen LogP contribution in [-0.4, -0.2) is 16.1 Å². The van der Waals surface area contributed by atoms with E-state index in [0.29, 0.717) is 11.3 Å². The number of ether oxygens (including phenoxy) is 1. The highest BCUT2D eigenvalue weighted by atomic mass is 16.5. The molecule has 0 aliphatic rings. The number of carbonyl (C=O) groups is 1. The Morgan fingerprint density at radius 3 is 2.12 bits per heavy atom. The van der Waals surface area contributed by atoms with Gasteiger partial charge in [0.25, 0.3) is 0 Å². The number of rotatable bonds is 4. The molecule has 0 fully saturated rings. The number of esters is 1. The Morgan fingerprint density at radius 1 is 0.917 bits per heavy atom. The van der Waals surface area contributed by atoms with Crippen LogP contribution in [0.25, 0.3) is 12.2 Å². The average Bonchev–Trinajstić information content (AvgIpc) is 2.63. The summed E-state index contributed by atoms with van der Waals surface area (Å²) in [4.78, 5) is 15.8. The molecule has 0 unspecified atom stereocenters. The monoisotopic (exact) mass is 317 g/mol. The molecule has 1 heterocycles. The van der Waals surface area contributed by atoms with E-state index in [-0.39, 0.29) is 5.75 Å². The number of phenols is 1. The van der Waals surface area contributed by atoms with Crippen molar-refractivity contribution < 1.29 is 14.6 Å². The van der Waals surface area contributed by atoms with Crippen LogP contribution >= 0.6 is 0 Å². The zero-order valence-corrected chi connectivity index (χ0v) is 12.8. The Labute approximate surface area is 139 Å². The third kappa shape index (κ3) is 4.08. The van der Waals surface area contributed by atoms with Crippen LogP contribution in [0.15, 0.2) is 73.1 Å². The van der Waals surface area contributed by atoms with Gasteiger partial charge in [0.15, 0.2) is 0 Å². The number of hydrogen-bond acceptors (Lipinski definition) is 4. The van der Waals surface area contributed by atoms with E-state index in [4.69, 9.17) is 4.74 Å². The summed E-state index contributed by atoms with van der Waals surface area (Å²) in [5.41, 5.74) is 2.37. The minimum atomic E-state index is -0.435. The second-order valence-corrected chi connectivity index (χ2v) is 5.13. The summed E-state index contributed by atoms with van der Waals surface area (Å²) in [7, 11) is 0. The van der Waals surface area contributed by atoms with Crippen molar-refractivity contribution in [3.8, 4) is 11.5 Å². The summed E-state index contributed by atoms with van der Waals surface area (Å²) in [6.45, 7) is 0. The van der Waals surface area contributed by atoms with Gasteiger partial charge in [-0.1, -0.05) is 36.4 Å². The zero-order chi connectivity index (χ0) is 16.8. The molecule has 0 saturated carbocycles. The predicted octanol–water partition coefficient (Wildman–Crippen LogP) is 4.18. The molecular weight excluding hydrogens is 302 g/mol. The fraction of sp³-hybridized carbons (Fsp3) is 0. The van der Waals surface area contributed by atoms with Gasteiger partial charge in [-0.15, -0.1) is 0 Å². The first-order chi connectivity index (χ1) is 11.7. The first-order valence-electron chi connectivity index (χ1n) is 7.40. The molecule has 3 rings (SSSR count). The van der Waals surface area contributed by atoms with Crippen molar-refractivity contribution in [3.63, 3.8) is 0 Å². The van der Waals surface area contributed by atoms with Crippen LogP contribution in [0.4, 0.5) is 0 Å². The van der Waals surface area contributed by atoms with Gasteiger partial charge < -0.3 is 9.84 Å². The van der Waals surface area contributed by atoms with Crippen LogP contribution in [0.1, 0.15) is 21.5 Å². The number of nitrogens with zero attached hydrogens (tertiary/aromatic N) is 1. The SMILES string of the molecule is O=C(Oc1ccc(C=Cc2ccc(O)cc2)cc1)c1cccnc1. The van der Waals surface area contributed by atoms with Gasteiger partial charge >= 0.3 is 5.97 Å². The van der Waals surface area contributed by atoms with Crippen LogP contribution in [-0.2, 0) is 0 Å². The van der Waals surface area contributed by atoms with Gasteiger partial charge in [0, 0.05) is 12.4 Å². The molecule has 0 atom stereocenters. The standard InChI is InChI=1S/C20H15NO3/c22-18-9-5-15(6-10-18)3-4-16-7-11-19(12-8-16)24-20(23)17-2-1-13-21-14-17/h1-14,22H. The number of aromatic hydroxyl groups is 1. The Bertz CT molecular complexity index is 838. The van der Waals surface area contributed by atoms with E-state index in [1.54, 1.807) is 42.6 Å². The lowest BCUT2D eigenvalue weighted by Crippen LogP contribution is -2.08. The van der Waals surface area contributed by atoms with Crippen molar-refractivity contribution >= 4 is 18.1 Å². The van der Waals surface area contributed by atoms with Gasteiger partial charge in [-0.2, -0.15) is 0 Å². The summed E-state index contributed by atoms with van der Waals surface area (Å²) < 4.78 is 5.30. The largest absolute Gasteiger partial charge is 0.508 e. The summed E-state index contributed by atoms with van der Waals surface area (Å²) in [5, 5.41) is 9.26. The van der Waals surface area contributed by atoms with E-state index in [9.17, 15) is 9.90 Å². The average molecular weight is 317 g/mol. The van der Waals surface area contributed by atoms with Gasteiger partial charge in [-0.05, 0) is 47.5 Å². The van der Waals surface area contributed by atoms with Gasteiger partial charge in [0.2, 0.25) is 0 Å². The molecule has 0 spiro atoms. The molecule has 2 aromatic carbocycles. The molecule has 1 aromatic heterocycles. The van der Waals surface area contributed by atoms with Crippen LogP contribution in [0.5, 0.6) is 11.5 Å². The van der Waals surface area contributed by atoms with Crippen molar-refractivity contribution in [3.05, 3.63) is 89.7 Å². The smallest absolute Gasteiger partial charge is 0.345 e. The maximum absolute atomic E-state index is 11.9. The molecule has 0 bridgehead atoms. The van der Waals surface area contributed by atoms with Gasteiger partial charge in [-0.3, -0.25) is 4.98 Å². The fourth-order valence-electron chi connectivity index (χ4n) is 2.07. The third-order valence-corrected chi connectivity index (χ3v) is 3.35. The summed E-state index contributed by atoms with van der Waals surface area (Å²) in [6.07, 6.45) is 6.96. The van der Waals surface area contributed by atoms with Crippen molar-refractivity contribution in [2.24, 2.45) is 0 Å². The highest BCUT2D eigenvalue weighted by Crippen LogP contribution is 2.17. The lowest BCUT2D eigenvalue weighted by molar-refractivity contribution is 0.0734. The minimum absolute atomic E-state index is 0.243. The van der Waals surface area contributed by atoms with Gasteiger partial charge in [-0.25, -0.2) is 4.79 Å². The normalized spacial score (nSPS) is 10.7. The van der Waals surface area contributed by atoms with Crippen LogP contribution in [0, 0.1) is 0 Å². The molecule has 3 aromatic rings. The number of benzene rings is 2. The van der Waals surface area contributed by atoms with E-state index in [1.165, 1.54) is 6.20 Å². The van der Waals surface area contributed by atoms with E-state index >= 15 is 0 Å². The molecule has 118 valence electrons. The first kappa shape index (κ1) is 15.5. The maximum atomic E-state index is 11.9.